The van der Waals surface area contributed by atoms with Crippen LogP contribution in [0.4, 0.5) is 23.7 Å². The fourth-order valence-corrected chi connectivity index (χ4v) is 6.52. The lowest BCUT2D eigenvalue weighted by Crippen LogP contribution is -2.50. The predicted molar refractivity (Wildman–Crippen MR) is 130 cm³/mol. The van der Waals surface area contributed by atoms with Crippen molar-refractivity contribution < 1.29 is 27.4 Å². The van der Waals surface area contributed by atoms with Crippen molar-refractivity contribution in [3.63, 3.8) is 0 Å². The Hall–Kier alpha value is -2.55. The highest BCUT2D eigenvalue weighted by Crippen LogP contribution is 2.53. The number of nitrogens with zero attached hydrogens (tertiary/aromatic N) is 2. The van der Waals surface area contributed by atoms with Crippen LogP contribution in [0.5, 0.6) is 5.75 Å². The minimum absolute atomic E-state index is 0.0243. The van der Waals surface area contributed by atoms with Crippen molar-refractivity contribution in [2.75, 3.05) is 37.4 Å². The van der Waals surface area contributed by atoms with Gasteiger partial charge in [0.25, 0.3) is 0 Å². The van der Waals surface area contributed by atoms with E-state index in [1.807, 2.05) is 32.9 Å². The van der Waals surface area contributed by atoms with Gasteiger partial charge in [0, 0.05) is 42.2 Å². The molecule has 5 rings (SSSR count). The van der Waals surface area contributed by atoms with Gasteiger partial charge in [0.15, 0.2) is 0 Å². The van der Waals surface area contributed by atoms with Crippen molar-refractivity contribution in [2.24, 2.45) is 0 Å². The number of alkyl halides is 3. The van der Waals surface area contributed by atoms with E-state index in [1.54, 1.807) is 22.7 Å². The van der Waals surface area contributed by atoms with Crippen LogP contribution in [0.1, 0.15) is 44.2 Å². The molecule has 9 heteroatoms. The average Bonchev–Trinajstić information content (AvgIpc) is 3.11. The molecule has 35 heavy (non-hydrogen) atoms. The molecular formula is C26H29F3N2O3S. The summed E-state index contributed by atoms with van der Waals surface area (Å²) in [7, 11) is 1.36. The maximum absolute atomic E-state index is 14.0. The summed E-state index contributed by atoms with van der Waals surface area (Å²) in [5, 5.41) is 0. The lowest BCUT2D eigenvalue weighted by atomic mass is 9.87. The Morgan fingerprint density at radius 2 is 1.89 bits per heavy atom. The van der Waals surface area contributed by atoms with E-state index in [2.05, 4.69) is 4.90 Å². The van der Waals surface area contributed by atoms with Gasteiger partial charge in [-0.1, -0.05) is 6.07 Å². The van der Waals surface area contributed by atoms with Crippen molar-refractivity contribution >= 4 is 23.5 Å². The van der Waals surface area contributed by atoms with Gasteiger partial charge in [0.1, 0.15) is 11.4 Å². The van der Waals surface area contributed by atoms with E-state index >= 15 is 0 Å². The van der Waals surface area contributed by atoms with Crippen LogP contribution >= 0.6 is 11.8 Å². The molecule has 2 atom stereocenters. The summed E-state index contributed by atoms with van der Waals surface area (Å²) in [5.41, 5.74) is 1.52. The van der Waals surface area contributed by atoms with Gasteiger partial charge in [0.05, 0.1) is 18.4 Å². The summed E-state index contributed by atoms with van der Waals surface area (Å²) < 4.78 is 52.7. The quantitative estimate of drug-likeness (QED) is 0.472. The van der Waals surface area contributed by atoms with Crippen molar-refractivity contribution in [2.45, 2.75) is 55.8 Å². The zero-order chi connectivity index (χ0) is 25.1. The van der Waals surface area contributed by atoms with Crippen molar-refractivity contribution in [1.29, 1.82) is 0 Å². The van der Waals surface area contributed by atoms with Crippen LogP contribution < -0.4 is 9.64 Å². The Morgan fingerprint density at radius 3 is 2.57 bits per heavy atom. The monoisotopic (exact) mass is 506 g/mol. The first-order valence-corrected chi connectivity index (χ1v) is 12.8. The third-order valence-electron chi connectivity index (χ3n) is 6.85. The summed E-state index contributed by atoms with van der Waals surface area (Å²) in [6.07, 6.45) is -4.06. The Morgan fingerprint density at radius 1 is 1.11 bits per heavy atom. The normalized spacial score (nSPS) is 21.5. The van der Waals surface area contributed by atoms with Gasteiger partial charge in [-0.25, -0.2) is 4.79 Å². The number of fused-ring (bicyclic) bond motifs is 3. The molecule has 0 spiro atoms. The summed E-state index contributed by atoms with van der Waals surface area (Å²) in [4.78, 5) is 17.9. The van der Waals surface area contributed by atoms with Gasteiger partial charge in [-0.3, -0.25) is 0 Å². The SMILES string of the molecule is COc1ccc(-c2cc3c4c(c2)[C@@H]2CN(C(=O)OC(C)(C)C)CC[C@@H]2N4CCS3)c(C(F)(F)F)c1. The fourth-order valence-electron chi connectivity index (χ4n) is 5.43. The second kappa shape index (κ2) is 8.54. The number of methoxy groups -OCH3 is 1. The molecule has 3 aliphatic rings. The molecule has 0 aliphatic carbocycles. The molecule has 0 unspecified atom stereocenters. The van der Waals surface area contributed by atoms with Gasteiger partial charge >= 0.3 is 12.3 Å². The van der Waals surface area contributed by atoms with Crippen LogP contribution in [-0.2, 0) is 10.9 Å². The number of likely N-dealkylation sites (tertiary alicyclic amines) is 1. The zero-order valence-corrected chi connectivity index (χ0v) is 21.1. The van der Waals surface area contributed by atoms with E-state index in [-0.39, 0.29) is 29.4 Å². The zero-order valence-electron chi connectivity index (χ0n) is 20.2. The summed E-state index contributed by atoms with van der Waals surface area (Å²) in [5.74, 6) is 1.07. The Kier molecular flexibility index (Phi) is 5.89. The van der Waals surface area contributed by atoms with Gasteiger partial charge in [-0.15, -0.1) is 11.8 Å². The number of hydrogen-bond acceptors (Lipinski definition) is 5. The molecule has 188 valence electrons. The van der Waals surface area contributed by atoms with Crippen LogP contribution in [0.3, 0.4) is 0 Å². The molecule has 0 radical (unpaired) electrons. The average molecular weight is 507 g/mol. The molecule has 0 bridgehead atoms. The second-order valence-corrected chi connectivity index (χ2v) is 11.4. The van der Waals surface area contributed by atoms with Crippen molar-refractivity contribution in [3.05, 3.63) is 41.5 Å². The predicted octanol–water partition coefficient (Wildman–Crippen LogP) is 6.40. The molecule has 2 aromatic carbocycles. The molecule has 3 heterocycles. The molecule has 3 aliphatic heterocycles. The highest BCUT2D eigenvalue weighted by molar-refractivity contribution is 7.99. The van der Waals surface area contributed by atoms with Crippen molar-refractivity contribution in [3.8, 4) is 16.9 Å². The first-order valence-electron chi connectivity index (χ1n) is 11.8. The van der Waals surface area contributed by atoms with E-state index < -0.39 is 17.3 Å². The number of thioether (sulfide) groups is 1. The van der Waals surface area contributed by atoms with Crippen LogP contribution in [0.15, 0.2) is 35.2 Å². The van der Waals surface area contributed by atoms with Crippen molar-refractivity contribution in [1.82, 2.24) is 4.90 Å². The minimum Gasteiger partial charge on any atom is -0.497 e. The number of ether oxygens (including phenoxy) is 2. The number of carbonyl (C=O) groups excluding carboxylic acids is 1. The number of piperidine rings is 1. The van der Waals surface area contributed by atoms with E-state index in [9.17, 15) is 18.0 Å². The number of amides is 1. The van der Waals surface area contributed by atoms with Gasteiger partial charge in [0.2, 0.25) is 0 Å². The molecule has 1 amide bonds. The molecule has 0 aromatic heterocycles. The number of halogens is 3. The van der Waals surface area contributed by atoms with E-state index in [0.29, 0.717) is 18.7 Å². The Bertz CT molecular complexity index is 1160. The Balaban J connectivity index is 1.57. The first kappa shape index (κ1) is 24.2. The first-order chi connectivity index (χ1) is 16.5. The summed E-state index contributed by atoms with van der Waals surface area (Å²) >= 11 is 1.68. The number of anilines is 1. The van der Waals surface area contributed by atoms with Crippen LogP contribution in [0, 0.1) is 0 Å². The largest absolute Gasteiger partial charge is 0.497 e. The molecule has 1 fully saturated rings. The van der Waals surface area contributed by atoms with Crippen LogP contribution in [-0.4, -0.2) is 55.1 Å². The Labute approximate surface area is 207 Å². The number of rotatable bonds is 2. The highest BCUT2D eigenvalue weighted by atomic mass is 32.2. The molecule has 5 nitrogen and oxygen atoms in total. The van der Waals surface area contributed by atoms with E-state index in [0.717, 1.165) is 40.9 Å². The third-order valence-corrected chi connectivity index (χ3v) is 7.86. The van der Waals surface area contributed by atoms with Crippen LogP contribution in [0.2, 0.25) is 0 Å². The summed E-state index contributed by atoms with van der Waals surface area (Å²) in [6.45, 7) is 7.52. The summed E-state index contributed by atoms with van der Waals surface area (Å²) in [6, 6.07) is 8.13. The molecular weight excluding hydrogens is 477 g/mol. The molecule has 2 aromatic rings. The molecule has 1 saturated heterocycles. The minimum atomic E-state index is -4.51. The van der Waals surface area contributed by atoms with Gasteiger partial charge < -0.3 is 19.3 Å². The standard InChI is InChI=1S/C26H29F3N2O3S/c1-25(2,3)34-24(32)30-8-7-21-19(14-30)18-11-15(12-22-23(18)31(21)9-10-35-22)17-6-5-16(33-4)13-20(17)26(27,28)29/h5-6,11-13,19,21H,7-10,14H2,1-4H3/t19-,21-/m0/s1. The maximum atomic E-state index is 14.0. The molecule has 0 saturated carbocycles. The highest BCUT2D eigenvalue weighted by Gasteiger charge is 2.46. The number of hydrogen-bond donors (Lipinski definition) is 0. The van der Waals surface area contributed by atoms with Gasteiger partial charge in [-0.05, 0) is 68.1 Å². The lowest BCUT2D eigenvalue weighted by molar-refractivity contribution is -0.137. The number of carbonyl (C=O) groups is 1. The maximum Gasteiger partial charge on any atom is 0.417 e. The smallest absolute Gasteiger partial charge is 0.417 e. The fraction of sp³-hybridized carbons (Fsp3) is 0.500. The third kappa shape index (κ3) is 4.43. The molecule has 0 N–H and O–H groups in total. The van der Waals surface area contributed by atoms with E-state index in [4.69, 9.17) is 9.47 Å². The van der Waals surface area contributed by atoms with E-state index in [1.165, 1.54) is 13.2 Å². The van der Waals surface area contributed by atoms with Crippen LogP contribution in [0.25, 0.3) is 11.1 Å². The number of benzene rings is 2. The lowest BCUT2D eigenvalue weighted by Gasteiger charge is -2.40. The van der Waals surface area contributed by atoms with Gasteiger partial charge in [-0.2, -0.15) is 13.2 Å². The second-order valence-electron chi connectivity index (χ2n) is 10.3. The topological polar surface area (TPSA) is 42.0 Å².